The number of para-hydroxylation sites is 1. The number of carbonyl (C=O) groups is 2. The zero-order valence-electron chi connectivity index (χ0n) is 24.3. The normalized spacial score (nSPS) is 18.6. The number of aromatic nitrogens is 1. The number of nitrogens with zero attached hydrogens (tertiary/aromatic N) is 4. The molecule has 0 spiro atoms. The van der Waals surface area contributed by atoms with Crippen LogP contribution in [0.2, 0.25) is 0 Å². The smallest absolute Gasteiger partial charge is 0.338 e. The van der Waals surface area contributed by atoms with Gasteiger partial charge in [-0.1, -0.05) is 35.6 Å². The Morgan fingerprint density at radius 1 is 1.10 bits per heavy atom. The molecule has 1 amide bonds. The maximum Gasteiger partial charge on any atom is 0.338 e. The summed E-state index contributed by atoms with van der Waals surface area (Å²) in [7, 11) is 1.53. The Balaban J connectivity index is 1.64. The molecule has 0 saturated heterocycles. The highest BCUT2D eigenvalue weighted by Crippen LogP contribution is 2.36. The third-order valence-corrected chi connectivity index (χ3v) is 7.89. The Morgan fingerprint density at radius 2 is 1.83 bits per heavy atom. The number of carbonyl (C=O) groups excluding carboxylic acids is 2. The van der Waals surface area contributed by atoms with Crippen LogP contribution in [0.1, 0.15) is 46.2 Å². The zero-order valence-corrected chi connectivity index (χ0v) is 25.1. The molecule has 0 fully saturated rings. The molecule has 0 aliphatic carbocycles. The fraction of sp³-hybridized carbons (Fsp3) is 0.323. The van der Waals surface area contributed by atoms with Crippen molar-refractivity contribution in [3.8, 4) is 11.5 Å². The Labute approximate surface area is 246 Å². The molecule has 3 aromatic rings. The molecule has 0 bridgehead atoms. The second-order valence-corrected chi connectivity index (χ2v) is 11.1. The molecule has 3 heterocycles. The van der Waals surface area contributed by atoms with Gasteiger partial charge in [0.05, 0.1) is 53.1 Å². The van der Waals surface area contributed by atoms with Crippen molar-refractivity contribution < 1.29 is 23.8 Å². The summed E-state index contributed by atoms with van der Waals surface area (Å²) in [5.74, 6) is -0.532. The maximum absolute atomic E-state index is 14.0. The van der Waals surface area contributed by atoms with Crippen molar-refractivity contribution in [2.75, 3.05) is 18.7 Å². The van der Waals surface area contributed by atoms with Crippen LogP contribution in [-0.2, 0) is 14.3 Å². The van der Waals surface area contributed by atoms with Crippen LogP contribution in [0.15, 0.2) is 74.7 Å². The van der Waals surface area contributed by atoms with Crippen LogP contribution in [0.5, 0.6) is 11.5 Å². The van der Waals surface area contributed by atoms with E-state index in [1.807, 2.05) is 32.0 Å². The van der Waals surface area contributed by atoms with E-state index in [4.69, 9.17) is 14.2 Å². The average Bonchev–Trinajstić information content (AvgIpc) is 3.42. The van der Waals surface area contributed by atoms with Crippen LogP contribution in [0.4, 0.5) is 5.69 Å². The van der Waals surface area contributed by atoms with Crippen LogP contribution < -0.4 is 29.4 Å². The summed E-state index contributed by atoms with van der Waals surface area (Å²) in [5, 5.41) is 5.81. The van der Waals surface area contributed by atoms with Gasteiger partial charge in [0, 0.05) is 0 Å². The summed E-state index contributed by atoms with van der Waals surface area (Å²) < 4.78 is 18.7. The van der Waals surface area contributed by atoms with E-state index in [0.717, 1.165) is 11.3 Å². The van der Waals surface area contributed by atoms with E-state index < -0.39 is 17.9 Å². The van der Waals surface area contributed by atoms with E-state index in [1.165, 1.54) is 16.7 Å². The van der Waals surface area contributed by atoms with Crippen LogP contribution in [0.3, 0.4) is 0 Å². The number of anilines is 1. The van der Waals surface area contributed by atoms with Gasteiger partial charge < -0.3 is 14.2 Å². The number of allylic oxidation sites excluding steroid dienone is 1. The van der Waals surface area contributed by atoms with E-state index in [2.05, 4.69) is 10.1 Å². The van der Waals surface area contributed by atoms with Crippen molar-refractivity contribution in [1.29, 1.82) is 0 Å². The first kappa shape index (κ1) is 29.0. The van der Waals surface area contributed by atoms with E-state index in [-0.39, 0.29) is 29.8 Å². The van der Waals surface area contributed by atoms with Gasteiger partial charge in [-0.05, 0) is 70.5 Å². The van der Waals surface area contributed by atoms with Gasteiger partial charge >= 0.3 is 5.97 Å². The quantitative estimate of drug-likeness (QED) is 0.372. The van der Waals surface area contributed by atoms with Gasteiger partial charge in [0.15, 0.2) is 16.3 Å². The van der Waals surface area contributed by atoms with E-state index in [0.29, 0.717) is 43.5 Å². The van der Waals surface area contributed by atoms with E-state index in [1.54, 1.807) is 57.2 Å². The molecule has 0 N–H and O–H groups in total. The fourth-order valence-electron chi connectivity index (χ4n) is 5.00. The minimum Gasteiger partial charge on any atom is -0.493 e. The molecule has 0 saturated carbocycles. The number of amides is 1. The van der Waals surface area contributed by atoms with Crippen molar-refractivity contribution >= 4 is 40.7 Å². The molecule has 10 nitrogen and oxygen atoms in total. The van der Waals surface area contributed by atoms with Crippen LogP contribution in [-0.4, -0.2) is 42.0 Å². The lowest BCUT2D eigenvalue weighted by Crippen LogP contribution is -2.40. The van der Waals surface area contributed by atoms with Gasteiger partial charge in [0.2, 0.25) is 0 Å². The molecule has 11 heteroatoms. The number of methoxy groups -OCH3 is 1. The lowest BCUT2D eigenvalue weighted by atomic mass is 9.95. The first-order chi connectivity index (χ1) is 20.1. The number of hydrogen-bond donors (Lipinski definition) is 0. The van der Waals surface area contributed by atoms with Crippen molar-refractivity contribution in [2.24, 2.45) is 16.0 Å². The molecule has 218 valence electrons. The van der Waals surface area contributed by atoms with Crippen molar-refractivity contribution in [2.45, 2.75) is 46.8 Å². The Hall–Kier alpha value is -4.51. The van der Waals surface area contributed by atoms with Crippen molar-refractivity contribution in [1.82, 2.24) is 4.57 Å². The highest BCUT2D eigenvalue weighted by molar-refractivity contribution is 7.07. The summed E-state index contributed by atoms with van der Waals surface area (Å²) >= 11 is 1.16. The predicted molar refractivity (Wildman–Crippen MR) is 161 cm³/mol. The number of thiazole rings is 1. The molecule has 5 rings (SSSR count). The molecule has 0 radical (unpaired) electrons. The Bertz CT molecular complexity index is 1790. The lowest BCUT2D eigenvalue weighted by Gasteiger charge is -2.25. The maximum atomic E-state index is 14.0. The number of rotatable bonds is 8. The van der Waals surface area contributed by atoms with Crippen LogP contribution >= 0.6 is 11.3 Å². The van der Waals surface area contributed by atoms with Gasteiger partial charge in [-0.2, -0.15) is 10.1 Å². The van der Waals surface area contributed by atoms with Gasteiger partial charge in [0.25, 0.3) is 11.5 Å². The molecular weight excluding hydrogens is 556 g/mol. The first-order valence-electron chi connectivity index (χ1n) is 13.6. The lowest BCUT2D eigenvalue weighted by molar-refractivity contribution is -0.139. The van der Waals surface area contributed by atoms with E-state index >= 15 is 0 Å². The van der Waals surface area contributed by atoms with Gasteiger partial charge in [-0.15, -0.1) is 0 Å². The van der Waals surface area contributed by atoms with Crippen molar-refractivity contribution in [3.63, 3.8) is 0 Å². The number of ether oxygens (including phenoxy) is 3. The van der Waals surface area contributed by atoms with Crippen LogP contribution in [0.25, 0.3) is 6.08 Å². The molecule has 2 atom stereocenters. The SMILES string of the molecule is CCOC(=O)C1=C(C)N=c2s/c(=C\[C@H]3C(=O)N(c4ccccc4)N=C3C)c(=O)n2[C@@H]1c1ccc(OC(C)C)c(OC)c1. The minimum atomic E-state index is -0.834. The number of fused-ring (bicyclic) bond motifs is 1. The number of hydrazone groups is 1. The molecular formula is C31H32N4O6S. The summed E-state index contributed by atoms with van der Waals surface area (Å²) in [6.45, 7) is 9.20. The van der Waals surface area contributed by atoms with Gasteiger partial charge in [-0.25, -0.2) is 9.79 Å². The second-order valence-electron chi connectivity index (χ2n) is 10.1. The Morgan fingerprint density at radius 3 is 2.50 bits per heavy atom. The largest absolute Gasteiger partial charge is 0.493 e. The first-order valence-corrected chi connectivity index (χ1v) is 14.4. The second kappa shape index (κ2) is 11.8. The highest BCUT2D eigenvalue weighted by Gasteiger charge is 2.36. The van der Waals surface area contributed by atoms with Gasteiger partial charge in [0.1, 0.15) is 5.92 Å². The summed E-state index contributed by atoms with van der Waals surface area (Å²) in [4.78, 5) is 45.7. The number of hydrogen-bond acceptors (Lipinski definition) is 9. The summed E-state index contributed by atoms with van der Waals surface area (Å²) in [5.41, 5.74) is 2.15. The number of benzene rings is 2. The van der Waals surface area contributed by atoms with Gasteiger partial charge in [-0.3, -0.25) is 14.2 Å². The average molecular weight is 589 g/mol. The van der Waals surface area contributed by atoms with Crippen LogP contribution in [0, 0.1) is 5.92 Å². The van der Waals surface area contributed by atoms with Crippen molar-refractivity contribution in [3.05, 3.63) is 85.1 Å². The topological polar surface area (TPSA) is 112 Å². The Kier molecular flexibility index (Phi) is 8.13. The number of esters is 1. The summed E-state index contributed by atoms with van der Waals surface area (Å²) in [6.07, 6.45) is 1.55. The third kappa shape index (κ3) is 5.27. The highest BCUT2D eigenvalue weighted by atomic mass is 32.1. The molecule has 2 aromatic carbocycles. The minimum absolute atomic E-state index is 0.0808. The zero-order chi connectivity index (χ0) is 30.1. The summed E-state index contributed by atoms with van der Waals surface area (Å²) in [6, 6.07) is 13.6. The third-order valence-electron chi connectivity index (χ3n) is 6.88. The molecule has 2 aliphatic rings. The predicted octanol–water partition coefficient (Wildman–Crippen LogP) is 3.58. The monoisotopic (exact) mass is 588 g/mol. The molecule has 0 unspecified atom stereocenters. The molecule has 2 aliphatic heterocycles. The molecule has 42 heavy (non-hydrogen) atoms. The fourth-order valence-corrected chi connectivity index (χ4v) is 6.06. The van der Waals surface area contributed by atoms with E-state index in [9.17, 15) is 14.4 Å². The standard InChI is InChI=1S/C31H32N4O6S/c1-7-40-30(38)26-19(5)32-31-34(27(26)20-13-14-23(41-17(2)3)24(15-20)39-6)29(37)25(42-31)16-22-18(4)33-35(28(22)36)21-11-9-8-10-12-21/h8-17,22,27H,7H2,1-6H3/b25-16-/t22-,27-/m1/s1. The molecule has 1 aromatic heterocycles.